The standard InChI is InChI=1S/C13H22N2O3S/c1-11(2)18-13-6-4-5-12(9-13)10-14-7-8-15-19(3,16)17/h4-6,9,11,14-15H,7-8,10H2,1-3H3. The van der Waals surface area contributed by atoms with Crippen molar-refractivity contribution in [2.75, 3.05) is 19.3 Å². The number of sulfonamides is 1. The van der Waals surface area contributed by atoms with Crippen molar-refractivity contribution < 1.29 is 13.2 Å². The van der Waals surface area contributed by atoms with E-state index in [1.54, 1.807) is 0 Å². The van der Waals surface area contributed by atoms with Gasteiger partial charge in [-0.1, -0.05) is 12.1 Å². The van der Waals surface area contributed by atoms with Crippen molar-refractivity contribution in [3.8, 4) is 5.75 Å². The summed E-state index contributed by atoms with van der Waals surface area (Å²) in [5, 5.41) is 3.17. The van der Waals surface area contributed by atoms with E-state index in [2.05, 4.69) is 10.0 Å². The molecule has 0 aliphatic heterocycles. The highest BCUT2D eigenvalue weighted by Crippen LogP contribution is 2.14. The molecule has 0 amide bonds. The van der Waals surface area contributed by atoms with E-state index in [-0.39, 0.29) is 6.10 Å². The van der Waals surface area contributed by atoms with Crippen LogP contribution in [0, 0.1) is 0 Å². The highest BCUT2D eigenvalue weighted by Gasteiger charge is 2.00. The highest BCUT2D eigenvalue weighted by molar-refractivity contribution is 7.88. The van der Waals surface area contributed by atoms with Crippen LogP contribution in [-0.4, -0.2) is 33.9 Å². The summed E-state index contributed by atoms with van der Waals surface area (Å²) in [6.07, 6.45) is 1.31. The number of nitrogens with one attached hydrogen (secondary N) is 2. The molecule has 1 aromatic carbocycles. The topological polar surface area (TPSA) is 67.4 Å². The number of hydrogen-bond acceptors (Lipinski definition) is 4. The minimum Gasteiger partial charge on any atom is -0.491 e. The molecule has 108 valence electrons. The lowest BCUT2D eigenvalue weighted by molar-refractivity contribution is 0.242. The molecule has 5 nitrogen and oxygen atoms in total. The van der Waals surface area contributed by atoms with E-state index in [9.17, 15) is 8.42 Å². The van der Waals surface area contributed by atoms with Crippen molar-refractivity contribution in [3.05, 3.63) is 29.8 Å². The first-order valence-corrected chi connectivity index (χ1v) is 8.17. The lowest BCUT2D eigenvalue weighted by Gasteiger charge is -2.11. The average molecular weight is 286 g/mol. The number of benzene rings is 1. The van der Waals surface area contributed by atoms with Gasteiger partial charge in [0.1, 0.15) is 5.75 Å². The summed E-state index contributed by atoms with van der Waals surface area (Å²) in [5.41, 5.74) is 1.11. The van der Waals surface area contributed by atoms with Crippen LogP contribution in [0.2, 0.25) is 0 Å². The first-order chi connectivity index (χ1) is 8.87. The van der Waals surface area contributed by atoms with Crippen molar-refractivity contribution in [2.24, 2.45) is 0 Å². The zero-order valence-corrected chi connectivity index (χ0v) is 12.5. The largest absolute Gasteiger partial charge is 0.491 e. The van der Waals surface area contributed by atoms with Crippen LogP contribution in [0.15, 0.2) is 24.3 Å². The fourth-order valence-electron chi connectivity index (χ4n) is 1.56. The fourth-order valence-corrected chi connectivity index (χ4v) is 2.03. The molecule has 0 aromatic heterocycles. The molecular weight excluding hydrogens is 264 g/mol. The van der Waals surface area contributed by atoms with Crippen LogP contribution in [-0.2, 0) is 16.6 Å². The molecular formula is C13H22N2O3S. The number of ether oxygens (including phenoxy) is 1. The molecule has 0 aliphatic carbocycles. The molecule has 0 bridgehead atoms. The second kappa shape index (κ2) is 7.47. The summed E-state index contributed by atoms with van der Waals surface area (Å²) in [6, 6.07) is 7.86. The molecule has 19 heavy (non-hydrogen) atoms. The molecule has 0 heterocycles. The van der Waals surface area contributed by atoms with Crippen LogP contribution in [0.1, 0.15) is 19.4 Å². The fraction of sp³-hybridized carbons (Fsp3) is 0.538. The van der Waals surface area contributed by atoms with E-state index in [4.69, 9.17) is 4.74 Å². The van der Waals surface area contributed by atoms with E-state index in [0.29, 0.717) is 19.6 Å². The van der Waals surface area contributed by atoms with E-state index in [1.807, 2.05) is 38.1 Å². The lowest BCUT2D eigenvalue weighted by Crippen LogP contribution is -2.30. The Kier molecular flexibility index (Phi) is 6.27. The van der Waals surface area contributed by atoms with Gasteiger partial charge in [0.2, 0.25) is 10.0 Å². The summed E-state index contributed by atoms with van der Waals surface area (Å²) in [7, 11) is -3.10. The van der Waals surface area contributed by atoms with Crippen molar-refractivity contribution >= 4 is 10.0 Å². The van der Waals surface area contributed by atoms with Gasteiger partial charge in [0.15, 0.2) is 0 Å². The Labute approximate surface area is 115 Å². The van der Waals surface area contributed by atoms with Crippen LogP contribution in [0.5, 0.6) is 5.75 Å². The van der Waals surface area contributed by atoms with Crippen LogP contribution in [0.25, 0.3) is 0 Å². The van der Waals surface area contributed by atoms with Gasteiger partial charge in [0.05, 0.1) is 12.4 Å². The predicted octanol–water partition coefficient (Wildman–Crippen LogP) is 1.11. The Morgan fingerprint density at radius 3 is 2.63 bits per heavy atom. The van der Waals surface area contributed by atoms with Crippen LogP contribution < -0.4 is 14.8 Å². The maximum absolute atomic E-state index is 10.9. The Morgan fingerprint density at radius 2 is 2.00 bits per heavy atom. The summed E-state index contributed by atoms with van der Waals surface area (Å²) < 4.78 is 29.8. The normalized spacial score (nSPS) is 11.8. The summed E-state index contributed by atoms with van der Waals surface area (Å²) in [6.45, 7) is 5.63. The highest BCUT2D eigenvalue weighted by atomic mass is 32.2. The Bertz CT molecular complexity index is 486. The smallest absolute Gasteiger partial charge is 0.208 e. The first-order valence-electron chi connectivity index (χ1n) is 6.28. The molecule has 1 rings (SSSR count). The van der Waals surface area contributed by atoms with Gasteiger partial charge >= 0.3 is 0 Å². The van der Waals surface area contributed by atoms with Crippen LogP contribution in [0.3, 0.4) is 0 Å². The van der Waals surface area contributed by atoms with Gasteiger partial charge in [0.25, 0.3) is 0 Å². The Morgan fingerprint density at radius 1 is 1.26 bits per heavy atom. The van der Waals surface area contributed by atoms with Gasteiger partial charge in [-0.15, -0.1) is 0 Å². The van der Waals surface area contributed by atoms with Crippen molar-refractivity contribution in [2.45, 2.75) is 26.5 Å². The van der Waals surface area contributed by atoms with E-state index < -0.39 is 10.0 Å². The van der Waals surface area contributed by atoms with Gasteiger partial charge in [0, 0.05) is 19.6 Å². The number of rotatable bonds is 8. The monoisotopic (exact) mass is 286 g/mol. The Hall–Kier alpha value is -1.11. The molecule has 0 spiro atoms. The van der Waals surface area contributed by atoms with Gasteiger partial charge in [-0.05, 0) is 31.5 Å². The van der Waals surface area contributed by atoms with E-state index in [1.165, 1.54) is 0 Å². The third-order valence-corrected chi connectivity index (χ3v) is 2.99. The third kappa shape index (κ3) is 7.81. The summed E-state index contributed by atoms with van der Waals surface area (Å²) in [4.78, 5) is 0. The predicted molar refractivity (Wildman–Crippen MR) is 76.8 cm³/mol. The van der Waals surface area contributed by atoms with E-state index >= 15 is 0 Å². The molecule has 0 saturated carbocycles. The van der Waals surface area contributed by atoms with Crippen LogP contribution in [0.4, 0.5) is 0 Å². The molecule has 1 aromatic rings. The van der Waals surface area contributed by atoms with Gasteiger partial charge < -0.3 is 10.1 Å². The molecule has 0 fully saturated rings. The van der Waals surface area contributed by atoms with Crippen molar-refractivity contribution in [1.29, 1.82) is 0 Å². The quantitative estimate of drug-likeness (QED) is 0.703. The number of hydrogen-bond donors (Lipinski definition) is 2. The maximum Gasteiger partial charge on any atom is 0.208 e. The molecule has 2 N–H and O–H groups in total. The lowest BCUT2D eigenvalue weighted by atomic mass is 10.2. The van der Waals surface area contributed by atoms with Gasteiger partial charge in [-0.3, -0.25) is 0 Å². The maximum atomic E-state index is 10.9. The second-order valence-corrected chi connectivity index (χ2v) is 6.49. The van der Waals surface area contributed by atoms with Crippen molar-refractivity contribution in [3.63, 3.8) is 0 Å². The second-order valence-electron chi connectivity index (χ2n) is 4.66. The van der Waals surface area contributed by atoms with Gasteiger partial charge in [-0.2, -0.15) is 0 Å². The molecule has 0 radical (unpaired) electrons. The third-order valence-electron chi connectivity index (χ3n) is 2.27. The Balaban J connectivity index is 2.33. The average Bonchev–Trinajstić information content (AvgIpc) is 2.26. The van der Waals surface area contributed by atoms with Gasteiger partial charge in [-0.25, -0.2) is 13.1 Å². The minimum atomic E-state index is -3.10. The molecule has 6 heteroatoms. The molecule has 0 saturated heterocycles. The minimum absolute atomic E-state index is 0.155. The van der Waals surface area contributed by atoms with Crippen molar-refractivity contribution in [1.82, 2.24) is 10.0 Å². The zero-order chi connectivity index (χ0) is 14.3. The summed E-state index contributed by atoms with van der Waals surface area (Å²) >= 11 is 0. The summed E-state index contributed by atoms with van der Waals surface area (Å²) in [5.74, 6) is 0.851. The molecule has 0 unspecified atom stereocenters. The van der Waals surface area contributed by atoms with E-state index in [0.717, 1.165) is 17.6 Å². The van der Waals surface area contributed by atoms with Crippen LogP contribution >= 0.6 is 0 Å². The molecule has 0 aliphatic rings. The SMILES string of the molecule is CC(C)Oc1cccc(CNCCNS(C)(=O)=O)c1. The molecule has 0 atom stereocenters. The first kappa shape index (κ1) is 15.9. The zero-order valence-electron chi connectivity index (χ0n) is 11.6.